The highest BCUT2D eigenvalue weighted by atomic mass is 35.5. The number of nitrogens with zero attached hydrogens (tertiary/aromatic N) is 2. The Labute approximate surface area is 116 Å². The molecule has 1 amide bonds. The van der Waals surface area contributed by atoms with Crippen LogP contribution in [0.4, 0.5) is 13.2 Å². The zero-order chi connectivity index (χ0) is 15.5. The first-order chi connectivity index (χ1) is 9.14. The van der Waals surface area contributed by atoms with Crippen LogP contribution < -0.4 is 17.2 Å². The number of carbonyl (C=O) groups excluding carboxylic acids is 1. The number of carbonyl (C=O) groups is 1. The van der Waals surface area contributed by atoms with E-state index in [1.165, 1.54) is 0 Å². The number of guanidine groups is 1. The fourth-order valence-corrected chi connectivity index (χ4v) is 1.63. The molecule has 1 aromatic carbocycles. The molecule has 0 saturated heterocycles. The molecule has 1 rings (SSSR count). The predicted octanol–water partition coefficient (Wildman–Crippen LogP) is 1.07. The summed E-state index contributed by atoms with van der Waals surface area (Å²) in [6.45, 7) is 0. The second kappa shape index (κ2) is 5.78. The molecular weight excluding hydrogens is 299 g/mol. The summed E-state index contributed by atoms with van der Waals surface area (Å²) in [5, 5.41) is 6.16. The van der Waals surface area contributed by atoms with Crippen molar-refractivity contribution in [1.29, 1.82) is 0 Å². The largest absolute Gasteiger partial charge is 0.417 e. The van der Waals surface area contributed by atoms with Gasteiger partial charge in [-0.25, -0.2) is 0 Å². The third kappa shape index (κ3) is 3.60. The standard InChI is InChI=1S/C10H9ClF3N5O/c11-7-4(3-18-19-9(16)17)1-2-5(10(12,13)14)6(7)8(15)20/h1-3H,(H2,15,20)(H4,16,17,19)/b18-3+. The van der Waals surface area contributed by atoms with Gasteiger partial charge in [0.1, 0.15) is 0 Å². The van der Waals surface area contributed by atoms with E-state index in [2.05, 4.69) is 10.2 Å². The minimum absolute atomic E-state index is 0.0125. The molecule has 0 aliphatic heterocycles. The van der Waals surface area contributed by atoms with Crippen molar-refractivity contribution in [3.05, 3.63) is 33.8 Å². The molecule has 0 spiro atoms. The Bertz CT molecular complexity index is 593. The SMILES string of the molecule is NC(=O)c1c(C(F)(F)F)ccc(/C=N/N=C(N)N)c1Cl. The van der Waals surface area contributed by atoms with Crippen molar-refractivity contribution in [2.45, 2.75) is 6.18 Å². The van der Waals surface area contributed by atoms with E-state index in [1.807, 2.05) is 0 Å². The average Bonchev–Trinajstić information content (AvgIpc) is 2.28. The molecule has 6 N–H and O–H groups in total. The second-order valence-electron chi connectivity index (χ2n) is 3.52. The van der Waals surface area contributed by atoms with Crippen LogP contribution in [0.15, 0.2) is 22.3 Å². The van der Waals surface area contributed by atoms with Gasteiger partial charge in [-0.1, -0.05) is 17.7 Å². The Kier molecular flexibility index (Phi) is 4.56. The number of amides is 1. The number of benzene rings is 1. The Morgan fingerprint density at radius 3 is 2.30 bits per heavy atom. The molecule has 20 heavy (non-hydrogen) atoms. The van der Waals surface area contributed by atoms with Gasteiger partial charge >= 0.3 is 6.18 Å². The van der Waals surface area contributed by atoms with Crippen molar-refractivity contribution in [3.8, 4) is 0 Å². The van der Waals surface area contributed by atoms with E-state index in [0.29, 0.717) is 6.07 Å². The Morgan fingerprint density at radius 1 is 1.25 bits per heavy atom. The molecule has 108 valence electrons. The normalized spacial score (nSPS) is 11.6. The topological polar surface area (TPSA) is 120 Å². The van der Waals surface area contributed by atoms with Gasteiger partial charge in [-0.05, 0) is 6.07 Å². The first-order valence-electron chi connectivity index (χ1n) is 4.96. The van der Waals surface area contributed by atoms with E-state index in [1.54, 1.807) is 0 Å². The van der Waals surface area contributed by atoms with E-state index in [9.17, 15) is 18.0 Å². The lowest BCUT2D eigenvalue weighted by Crippen LogP contribution is -2.22. The summed E-state index contributed by atoms with van der Waals surface area (Å²) in [5.41, 5.74) is 12.9. The van der Waals surface area contributed by atoms with E-state index < -0.39 is 28.2 Å². The minimum atomic E-state index is -4.76. The van der Waals surface area contributed by atoms with Crippen LogP contribution in [0.5, 0.6) is 0 Å². The molecule has 0 fully saturated rings. The Balaban J connectivity index is 3.41. The summed E-state index contributed by atoms with van der Waals surface area (Å²) >= 11 is 5.73. The second-order valence-corrected chi connectivity index (χ2v) is 3.90. The van der Waals surface area contributed by atoms with Crippen LogP contribution in [-0.4, -0.2) is 18.1 Å². The Morgan fingerprint density at radius 2 is 1.85 bits per heavy atom. The van der Waals surface area contributed by atoms with E-state index in [-0.39, 0.29) is 11.5 Å². The number of primary amides is 1. The molecule has 0 aliphatic carbocycles. The molecule has 0 bridgehead atoms. The Hall–Kier alpha value is -2.29. The monoisotopic (exact) mass is 307 g/mol. The molecule has 0 radical (unpaired) electrons. The van der Waals surface area contributed by atoms with Gasteiger partial charge in [-0.15, -0.1) is 5.10 Å². The minimum Gasteiger partial charge on any atom is -0.369 e. The third-order valence-corrected chi connectivity index (χ3v) is 2.50. The van der Waals surface area contributed by atoms with Crippen molar-refractivity contribution in [2.24, 2.45) is 27.4 Å². The van der Waals surface area contributed by atoms with Crippen molar-refractivity contribution < 1.29 is 18.0 Å². The van der Waals surface area contributed by atoms with Gasteiger partial charge in [0.05, 0.1) is 22.4 Å². The highest BCUT2D eigenvalue weighted by Gasteiger charge is 2.36. The summed E-state index contributed by atoms with van der Waals surface area (Å²) < 4.78 is 38.2. The number of halogens is 4. The molecule has 0 aliphatic rings. The molecule has 0 unspecified atom stereocenters. The lowest BCUT2D eigenvalue weighted by atomic mass is 10.0. The molecular formula is C10H9ClF3N5O. The molecule has 1 aromatic rings. The molecule has 0 heterocycles. The van der Waals surface area contributed by atoms with Crippen LogP contribution in [0.3, 0.4) is 0 Å². The van der Waals surface area contributed by atoms with E-state index in [4.69, 9.17) is 28.8 Å². The van der Waals surface area contributed by atoms with E-state index in [0.717, 1.165) is 12.3 Å². The number of alkyl halides is 3. The number of hydrogen-bond donors (Lipinski definition) is 3. The van der Waals surface area contributed by atoms with Gasteiger partial charge < -0.3 is 17.2 Å². The fraction of sp³-hybridized carbons (Fsp3) is 0.100. The van der Waals surface area contributed by atoms with Crippen LogP contribution in [0.25, 0.3) is 0 Å². The van der Waals surface area contributed by atoms with Gasteiger partial charge in [-0.2, -0.15) is 18.3 Å². The zero-order valence-electron chi connectivity index (χ0n) is 9.78. The van der Waals surface area contributed by atoms with Crippen molar-refractivity contribution >= 4 is 29.7 Å². The molecule has 0 atom stereocenters. The van der Waals surface area contributed by atoms with Crippen molar-refractivity contribution in [2.75, 3.05) is 0 Å². The summed E-state index contributed by atoms with van der Waals surface area (Å²) in [6.07, 6.45) is -3.77. The lowest BCUT2D eigenvalue weighted by molar-refractivity contribution is -0.137. The first kappa shape index (κ1) is 15.8. The third-order valence-electron chi connectivity index (χ3n) is 2.09. The number of hydrogen-bond acceptors (Lipinski definition) is 3. The number of rotatable bonds is 3. The molecule has 6 nitrogen and oxygen atoms in total. The maximum Gasteiger partial charge on any atom is 0.417 e. The molecule has 0 saturated carbocycles. The first-order valence-corrected chi connectivity index (χ1v) is 5.34. The maximum absolute atomic E-state index is 12.7. The quantitative estimate of drug-likeness (QED) is 0.440. The van der Waals surface area contributed by atoms with Crippen LogP contribution in [-0.2, 0) is 6.18 Å². The summed E-state index contributed by atoms with van der Waals surface area (Å²) in [4.78, 5) is 11.1. The van der Waals surface area contributed by atoms with Crippen LogP contribution in [0.2, 0.25) is 5.02 Å². The lowest BCUT2D eigenvalue weighted by Gasteiger charge is -2.13. The van der Waals surface area contributed by atoms with Gasteiger partial charge in [-0.3, -0.25) is 4.79 Å². The summed E-state index contributed by atoms with van der Waals surface area (Å²) in [5.74, 6) is -1.65. The van der Waals surface area contributed by atoms with Gasteiger partial charge in [0.25, 0.3) is 5.91 Å². The zero-order valence-corrected chi connectivity index (χ0v) is 10.5. The predicted molar refractivity (Wildman–Crippen MR) is 68.4 cm³/mol. The average molecular weight is 308 g/mol. The smallest absolute Gasteiger partial charge is 0.369 e. The summed E-state index contributed by atoms with van der Waals surface area (Å²) in [6, 6.07) is 1.69. The van der Waals surface area contributed by atoms with Crippen LogP contribution in [0, 0.1) is 0 Å². The fourth-order valence-electron chi connectivity index (χ4n) is 1.33. The molecule has 0 aromatic heterocycles. The maximum atomic E-state index is 12.7. The highest BCUT2D eigenvalue weighted by molar-refractivity contribution is 6.36. The van der Waals surface area contributed by atoms with Gasteiger partial charge in [0.2, 0.25) is 5.96 Å². The number of nitrogens with two attached hydrogens (primary N) is 3. The van der Waals surface area contributed by atoms with Crippen molar-refractivity contribution in [1.82, 2.24) is 0 Å². The van der Waals surface area contributed by atoms with Gasteiger partial charge in [0, 0.05) is 5.56 Å². The highest BCUT2D eigenvalue weighted by Crippen LogP contribution is 2.35. The summed E-state index contributed by atoms with van der Waals surface area (Å²) in [7, 11) is 0. The van der Waals surface area contributed by atoms with Crippen LogP contribution in [0.1, 0.15) is 21.5 Å². The van der Waals surface area contributed by atoms with Crippen molar-refractivity contribution in [3.63, 3.8) is 0 Å². The van der Waals surface area contributed by atoms with E-state index >= 15 is 0 Å². The van der Waals surface area contributed by atoms with Crippen LogP contribution >= 0.6 is 11.6 Å². The van der Waals surface area contributed by atoms with Gasteiger partial charge in [0.15, 0.2) is 0 Å². The molecule has 10 heteroatoms.